The number of hydrogen-bond donors (Lipinski definition) is 0. The van der Waals surface area contributed by atoms with E-state index < -0.39 is 0 Å². The third-order valence-electron chi connectivity index (χ3n) is 4.07. The molecular weight excluding hydrogens is 321 g/mol. The van der Waals surface area contributed by atoms with Crippen molar-refractivity contribution in [2.45, 2.75) is 26.9 Å². The Morgan fingerprint density at radius 1 is 1.28 bits per heavy atom. The van der Waals surface area contributed by atoms with Gasteiger partial charge in [-0.25, -0.2) is 14.1 Å². The molecule has 3 aromatic rings. The van der Waals surface area contributed by atoms with E-state index in [4.69, 9.17) is 5.26 Å². The Labute approximate surface area is 144 Å². The van der Waals surface area contributed by atoms with Crippen LogP contribution in [0.4, 0.5) is 4.39 Å². The van der Waals surface area contributed by atoms with Gasteiger partial charge in [-0.3, -0.25) is 4.79 Å². The number of carbonyl (C=O) groups excluding carboxylic acids is 1. The van der Waals surface area contributed by atoms with Gasteiger partial charge in [0.2, 0.25) is 0 Å². The summed E-state index contributed by atoms with van der Waals surface area (Å²) in [6.45, 7) is 4.39. The van der Waals surface area contributed by atoms with Gasteiger partial charge in [0, 0.05) is 23.5 Å². The van der Waals surface area contributed by atoms with Crippen LogP contribution in [0.1, 0.15) is 33.1 Å². The molecular formula is C18H16FN5O. The Balaban J connectivity index is 1.82. The van der Waals surface area contributed by atoms with Gasteiger partial charge in [-0.2, -0.15) is 5.26 Å². The SMILES string of the molecule is Cc1cc(C(=O)Cn2cnc(C#N)n2)c(C)n1Cc1ccc(F)cc1. The molecule has 0 spiro atoms. The first-order chi connectivity index (χ1) is 12.0. The van der Waals surface area contributed by atoms with Gasteiger partial charge in [0.25, 0.3) is 5.82 Å². The lowest BCUT2D eigenvalue weighted by molar-refractivity contribution is 0.0967. The van der Waals surface area contributed by atoms with E-state index in [1.54, 1.807) is 12.1 Å². The van der Waals surface area contributed by atoms with E-state index in [2.05, 4.69) is 10.1 Å². The van der Waals surface area contributed by atoms with Crippen molar-refractivity contribution in [2.75, 3.05) is 0 Å². The molecule has 0 N–H and O–H groups in total. The average Bonchev–Trinajstić information content (AvgIpc) is 3.16. The lowest BCUT2D eigenvalue weighted by atomic mass is 10.1. The Morgan fingerprint density at radius 3 is 2.64 bits per heavy atom. The summed E-state index contributed by atoms with van der Waals surface area (Å²) in [6, 6.07) is 9.98. The van der Waals surface area contributed by atoms with Gasteiger partial charge in [-0.05, 0) is 37.6 Å². The highest BCUT2D eigenvalue weighted by Gasteiger charge is 2.17. The zero-order chi connectivity index (χ0) is 18.0. The number of ketones is 1. The van der Waals surface area contributed by atoms with E-state index in [0.717, 1.165) is 17.0 Å². The molecule has 0 aliphatic carbocycles. The topological polar surface area (TPSA) is 76.5 Å². The van der Waals surface area contributed by atoms with E-state index in [9.17, 15) is 9.18 Å². The fraction of sp³-hybridized carbons (Fsp3) is 0.222. The zero-order valence-corrected chi connectivity index (χ0v) is 13.9. The van der Waals surface area contributed by atoms with E-state index in [-0.39, 0.29) is 24.0 Å². The molecule has 2 heterocycles. The molecule has 126 valence electrons. The van der Waals surface area contributed by atoms with E-state index >= 15 is 0 Å². The summed E-state index contributed by atoms with van der Waals surface area (Å²) in [5.41, 5.74) is 3.35. The maximum atomic E-state index is 13.0. The average molecular weight is 337 g/mol. The predicted molar refractivity (Wildman–Crippen MR) is 88.5 cm³/mol. The number of nitriles is 1. The minimum absolute atomic E-state index is 0.0233. The number of aryl methyl sites for hydroxylation is 1. The second kappa shape index (κ2) is 6.69. The highest BCUT2D eigenvalue weighted by Crippen LogP contribution is 2.18. The lowest BCUT2D eigenvalue weighted by Gasteiger charge is -2.10. The smallest absolute Gasteiger partial charge is 0.252 e. The van der Waals surface area contributed by atoms with Crippen LogP contribution in [-0.4, -0.2) is 25.1 Å². The summed E-state index contributed by atoms with van der Waals surface area (Å²) in [7, 11) is 0. The Hall–Kier alpha value is -3.27. The largest absolute Gasteiger partial charge is 0.344 e. The van der Waals surface area contributed by atoms with Crippen LogP contribution in [-0.2, 0) is 13.1 Å². The van der Waals surface area contributed by atoms with Crippen LogP contribution in [0.2, 0.25) is 0 Å². The summed E-state index contributed by atoms with van der Waals surface area (Å²) in [6.07, 6.45) is 1.37. The van der Waals surface area contributed by atoms with Crippen LogP contribution in [0.3, 0.4) is 0 Å². The highest BCUT2D eigenvalue weighted by molar-refractivity contribution is 5.97. The number of hydrogen-bond acceptors (Lipinski definition) is 4. The van der Waals surface area contributed by atoms with Crippen LogP contribution in [0.15, 0.2) is 36.7 Å². The zero-order valence-electron chi connectivity index (χ0n) is 13.9. The number of rotatable bonds is 5. The Kier molecular flexibility index (Phi) is 4.44. The van der Waals surface area contributed by atoms with Crippen molar-refractivity contribution in [1.82, 2.24) is 19.3 Å². The molecule has 0 bridgehead atoms. The summed E-state index contributed by atoms with van der Waals surface area (Å²) < 4.78 is 16.4. The molecule has 3 rings (SSSR count). The second-order valence-electron chi connectivity index (χ2n) is 5.80. The fourth-order valence-corrected chi connectivity index (χ4v) is 2.75. The molecule has 0 aliphatic heterocycles. The molecule has 0 saturated carbocycles. The van der Waals surface area contributed by atoms with Crippen LogP contribution in [0, 0.1) is 31.0 Å². The Bertz CT molecular complexity index is 963. The van der Waals surface area contributed by atoms with E-state index in [1.165, 1.54) is 23.1 Å². The highest BCUT2D eigenvalue weighted by atomic mass is 19.1. The predicted octanol–water partition coefficient (Wildman–Crippen LogP) is 2.64. The fourth-order valence-electron chi connectivity index (χ4n) is 2.75. The van der Waals surface area contributed by atoms with E-state index in [0.29, 0.717) is 12.1 Å². The van der Waals surface area contributed by atoms with Gasteiger partial charge in [0.1, 0.15) is 24.8 Å². The summed E-state index contributed by atoms with van der Waals surface area (Å²) in [5.74, 6) is -0.340. The molecule has 0 amide bonds. The molecule has 1 aromatic carbocycles. The number of benzene rings is 1. The molecule has 0 radical (unpaired) electrons. The molecule has 2 aromatic heterocycles. The summed E-state index contributed by atoms with van der Waals surface area (Å²) in [4.78, 5) is 16.4. The number of Topliss-reactive ketones (excluding diaryl/α,β-unsaturated/α-hetero) is 1. The minimum Gasteiger partial charge on any atom is -0.344 e. The van der Waals surface area contributed by atoms with Crippen LogP contribution in [0.5, 0.6) is 0 Å². The molecule has 6 nitrogen and oxygen atoms in total. The first-order valence-corrected chi connectivity index (χ1v) is 7.72. The molecule has 7 heteroatoms. The normalized spacial score (nSPS) is 10.6. The van der Waals surface area contributed by atoms with E-state index in [1.807, 2.05) is 30.6 Å². The van der Waals surface area contributed by atoms with Gasteiger partial charge in [0.15, 0.2) is 5.78 Å². The van der Waals surface area contributed by atoms with Crippen LogP contribution >= 0.6 is 0 Å². The lowest BCUT2D eigenvalue weighted by Crippen LogP contribution is -2.12. The van der Waals surface area contributed by atoms with Crippen LogP contribution in [0.25, 0.3) is 0 Å². The molecule has 0 unspecified atom stereocenters. The van der Waals surface area contributed by atoms with Crippen molar-refractivity contribution < 1.29 is 9.18 Å². The maximum absolute atomic E-state index is 13.0. The quantitative estimate of drug-likeness (QED) is 0.671. The molecule has 0 atom stereocenters. The third-order valence-corrected chi connectivity index (χ3v) is 4.07. The molecule has 0 fully saturated rings. The molecule has 0 aliphatic rings. The second-order valence-corrected chi connectivity index (χ2v) is 5.80. The first kappa shape index (κ1) is 16.6. The van der Waals surface area contributed by atoms with Crippen molar-refractivity contribution >= 4 is 5.78 Å². The Morgan fingerprint density at radius 2 is 2.00 bits per heavy atom. The van der Waals surface area contributed by atoms with Crippen molar-refractivity contribution in [2.24, 2.45) is 0 Å². The monoisotopic (exact) mass is 337 g/mol. The van der Waals surface area contributed by atoms with Gasteiger partial charge >= 0.3 is 0 Å². The van der Waals surface area contributed by atoms with Crippen molar-refractivity contribution in [3.8, 4) is 6.07 Å². The number of nitrogens with zero attached hydrogens (tertiary/aromatic N) is 5. The van der Waals surface area contributed by atoms with Gasteiger partial charge in [0.05, 0.1) is 0 Å². The number of aromatic nitrogens is 4. The number of carbonyl (C=O) groups is 1. The van der Waals surface area contributed by atoms with Gasteiger partial charge in [-0.15, -0.1) is 5.10 Å². The standard InChI is InChI=1S/C18H16FN5O/c1-12-7-16(17(25)10-23-11-21-18(8-20)22-23)13(2)24(12)9-14-3-5-15(19)6-4-14/h3-7,11H,9-10H2,1-2H3. The third kappa shape index (κ3) is 3.48. The van der Waals surface area contributed by atoms with Gasteiger partial charge in [-0.1, -0.05) is 12.1 Å². The first-order valence-electron chi connectivity index (χ1n) is 7.72. The maximum Gasteiger partial charge on any atom is 0.252 e. The van der Waals surface area contributed by atoms with Crippen molar-refractivity contribution in [3.63, 3.8) is 0 Å². The number of halogens is 1. The molecule has 25 heavy (non-hydrogen) atoms. The van der Waals surface area contributed by atoms with Crippen molar-refractivity contribution in [1.29, 1.82) is 5.26 Å². The summed E-state index contributed by atoms with van der Waals surface area (Å²) in [5, 5.41) is 12.7. The van der Waals surface area contributed by atoms with Crippen molar-refractivity contribution in [3.05, 3.63) is 70.8 Å². The van der Waals surface area contributed by atoms with Crippen LogP contribution < -0.4 is 0 Å². The van der Waals surface area contributed by atoms with Gasteiger partial charge < -0.3 is 4.57 Å². The summed E-state index contributed by atoms with van der Waals surface area (Å²) >= 11 is 0. The molecule has 0 saturated heterocycles. The minimum atomic E-state index is -0.273.